The summed E-state index contributed by atoms with van der Waals surface area (Å²) in [4.78, 5) is 11.6. The first-order chi connectivity index (χ1) is 9.31. The van der Waals surface area contributed by atoms with Crippen molar-refractivity contribution in [3.63, 3.8) is 0 Å². The third-order valence-corrected chi connectivity index (χ3v) is 3.31. The molecular weight excluding hydrogens is 302 g/mol. The van der Waals surface area contributed by atoms with Gasteiger partial charge in [0.25, 0.3) is 0 Å². The van der Waals surface area contributed by atoms with Gasteiger partial charge < -0.3 is 11.1 Å². The predicted molar refractivity (Wildman–Crippen MR) is 81.5 cm³/mol. The van der Waals surface area contributed by atoms with Gasteiger partial charge in [-0.15, -0.1) is 0 Å². The molecule has 0 spiro atoms. The molecule has 0 radical (unpaired) electrons. The monoisotopic (exact) mass is 319 g/mol. The van der Waals surface area contributed by atoms with Crippen LogP contribution in [0.15, 0.2) is 18.2 Å². The van der Waals surface area contributed by atoms with Crippen LogP contribution in [0.2, 0.25) is 5.02 Å². The first-order valence-electron chi connectivity index (χ1n) is 6.09. The van der Waals surface area contributed by atoms with Crippen LogP contribution < -0.4 is 15.8 Å². The molecule has 0 atom stereocenters. The van der Waals surface area contributed by atoms with E-state index in [1.807, 2.05) is 0 Å². The molecule has 0 saturated carbocycles. The molecule has 0 aromatic heterocycles. The van der Waals surface area contributed by atoms with Crippen molar-refractivity contribution in [2.75, 3.05) is 22.8 Å². The molecular formula is C12H18ClN3O3S. The second-order valence-corrected chi connectivity index (χ2v) is 6.52. The number of carbonyl (C=O) groups excluding carboxylic acids is 1. The molecule has 1 aromatic carbocycles. The molecule has 0 aliphatic carbocycles. The molecule has 0 bridgehead atoms. The minimum absolute atomic E-state index is 0.127. The van der Waals surface area contributed by atoms with Gasteiger partial charge in [0.2, 0.25) is 15.9 Å². The predicted octanol–water partition coefficient (Wildman–Crippen LogP) is 1.78. The van der Waals surface area contributed by atoms with Gasteiger partial charge in [-0.2, -0.15) is 0 Å². The van der Waals surface area contributed by atoms with Gasteiger partial charge in [0.05, 0.1) is 17.0 Å². The van der Waals surface area contributed by atoms with E-state index >= 15 is 0 Å². The highest BCUT2D eigenvalue weighted by Gasteiger charge is 2.08. The van der Waals surface area contributed by atoms with Crippen LogP contribution in [0.5, 0.6) is 0 Å². The van der Waals surface area contributed by atoms with E-state index in [4.69, 9.17) is 17.3 Å². The molecule has 0 fully saturated rings. The summed E-state index contributed by atoms with van der Waals surface area (Å²) in [6.45, 7) is 0.560. The van der Waals surface area contributed by atoms with Gasteiger partial charge in [0, 0.05) is 12.1 Å². The summed E-state index contributed by atoms with van der Waals surface area (Å²) in [6.07, 6.45) is 2.95. The first-order valence-corrected chi connectivity index (χ1v) is 8.36. The number of nitrogens with two attached hydrogens (primary N) is 1. The Morgan fingerprint density at radius 3 is 2.60 bits per heavy atom. The number of rotatable bonds is 7. The van der Waals surface area contributed by atoms with Gasteiger partial charge in [-0.25, -0.2) is 8.42 Å². The Morgan fingerprint density at radius 1 is 1.35 bits per heavy atom. The Morgan fingerprint density at radius 2 is 2.05 bits per heavy atom. The zero-order chi connectivity index (χ0) is 15.2. The molecule has 1 amide bonds. The van der Waals surface area contributed by atoms with Crippen LogP contribution in [-0.2, 0) is 14.8 Å². The largest absolute Gasteiger partial charge is 0.330 e. The lowest BCUT2D eigenvalue weighted by Crippen LogP contribution is -2.13. The minimum atomic E-state index is -3.38. The van der Waals surface area contributed by atoms with Crippen molar-refractivity contribution in [1.82, 2.24) is 0 Å². The third-order valence-electron chi connectivity index (χ3n) is 2.41. The Hall–Kier alpha value is -1.31. The number of carbonyl (C=O) groups is 1. The lowest BCUT2D eigenvalue weighted by Gasteiger charge is -2.09. The maximum Gasteiger partial charge on any atom is 0.229 e. The summed E-state index contributed by atoms with van der Waals surface area (Å²) < 4.78 is 24.5. The van der Waals surface area contributed by atoms with Crippen molar-refractivity contribution >= 4 is 38.9 Å². The van der Waals surface area contributed by atoms with Crippen LogP contribution in [0.3, 0.4) is 0 Å². The normalized spacial score (nSPS) is 11.2. The molecule has 0 saturated heterocycles. The summed E-state index contributed by atoms with van der Waals surface area (Å²) in [7, 11) is -3.38. The highest BCUT2D eigenvalue weighted by atomic mass is 35.5. The number of halogens is 1. The molecule has 0 unspecified atom stereocenters. The van der Waals surface area contributed by atoms with Gasteiger partial charge in [-0.3, -0.25) is 9.52 Å². The van der Waals surface area contributed by atoms with Crippen molar-refractivity contribution < 1.29 is 13.2 Å². The Labute approximate surface area is 123 Å². The minimum Gasteiger partial charge on any atom is -0.330 e. The number of hydrogen-bond acceptors (Lipinski definition) is 4. The maximum absolute atomic E-state index is 11.6. The van der Waals surface area contributed by atoms with Crippen molar-refractivity contribution in [2.24, 2.45) is 5.73 Å². The molecule has 0 aliphatic rings. The molecule has 112 valence electrons. The van der Waals surface area contributed by atoms with Gasteiger partial charge in [0.1, 0.15) is 0 Å². The summed E-state index contributed by atoms with van der Waals surface area (Å²) >= 11 is 5.95. The van der Waals surface area contributed by atoms with E-state index in [2.05, 4.69) is 10.0 Å². The molecule has 1 aromatic rings. The fraction of sp³-hybridized carbons (Fsp3) is 0.417. The van der Waals surface area contributed by atoms with Gasteiger partial charge in [0.15, 0.2) is 0 Å². The van der Waals surface area contributed by atoms with Gasteiger partial charge >= 0.3 is 0 Å². The number of sulfonamides is 1. The highest BCUT2D eigenvalue weighted by Crippen LogP contribution is 2.26. The quantitative estimate of drug-likeness (QED) is 0.667. The lowest BCUT2D eigenvalue weighted by molar-refractivity contribution is -0.116. The third kappa shape index (κ3) is 6.23. The first kappa shape index (κ1) is 16.7. The number of unbranched alkanes of at least 4 members (excludes halogenated alkanes) is 1. The second kappa shape index (κ2) is 7.47. The number of hydrogen-bond donors (Lipinski definition) is 3. The lowest BCUT2D eigenvalue weighted by atomic mass is 10.2. The number of benzene rings is 1. The number of nitrogens with one attached hydrogen (secondary N) is 2. The van der Waals surface area contributed by atoms with Crippen molar-refractivity contribution in [3.8, 4) is 0 Å². The molecule has 1 rings (SSSR count). The molecule has 0 aliphatic heterocycles. The average Bonchev–Trinajstić information content (AvgIpc) is 2.31. The summed E-state index contributed by atoms with van der Waals surface area (Å²) in [5.41, 5.74) is 6.14. The zero-order valence-corrected chi connectivity index (χ0v) is 12.7. The van der Waals surface area contributed by atoms with E-state index in [0.29, 0.717) is 18.7 Å². The smallest absolute Gasteiger partial charge is 0.229 e. The second-order valence-electron chi connectivity index (χ2n) is 4.36. The molecule has 8 heteroatoms. The average molecular weight is 320 g/mol. The van der Waals surface area contributed by atoms with E-state index < -0.39 is 10.0 Å². The van der Waals surface area contributed by atoms with E-state index in [1.54, 1.807) is 6.07 Å². The highest BCUT2D eigenvalue weighted by molar-refractivity contribution is 7.92. The van der Waals surface area contributed by atoms with Crippen LogP contribution >= 0.6 is 11.6 Å². The fourth-order valence-electron chi connectivity index (χ4n) is 1.53. The topological polar surface area (TPSA) is 101 Å². The number of amides is 1. The number of anilines is 2. The van der Waals surface area contributed by atoms with Gasteiger partial charge in [-0.05, 0) is 37.6 Å². The van der Waals surface area contributed by atoms with Crippen LogP contribution in [0.25, 0.3) is 0 Å². The van der Waals surface area contributed by atoms with E-state index in [1.165, 1.54) is 12.1 Å². The maximum atomic E-state index is 11.6. The Kier molecular flexibility index (Phi) is 6.25. The van der Waals surface area contributed by atoms with Crippen molar-refractivity contribution in [2.45, 2.75) is 19.3 Å². The molecule has 0 heterocycles. The van der Waals surface area contributed by atoms with Crippen LogP contribution in [0.4, 0.5) is 11.4 Å². The fourth-order valence-corrected chi connectivity index (χ4v) is 2.39. The SMILES string of the molecule is CS(=O)(=O)Nc1ccc(NC(=O)CCCCN)cc1Cl. The van der Waals surface area contributed by atoms with Crippen LogP contribution in [0, 0.1) is 0 Å². The Balaban J connectivity index is 2.65. The van der Waals surface area contributed by atoms with E-state index in [0.717, 1.165) is 19.1 Å². The van der Waals surface area contributed by atoms with E-state index in [9.17, 15) is 13.2 Å². The van der Waals surface area contributed by atoms with Crippen molar-refractivity contribution in [1.29, 1.82) is 0 Å². The Bertz CT molecular complexity index is 575. The van der Waals surface area contributed by atoms with Crippen LogP contribution in [-0.4, -0.2) is 27.1 Å². The van der Waals surface area contributed by atoms with Crippen LogP contribution in [0.1, 0.15) is 19.3 Å². The van der Waals surface area contributed by atoms with Gasteiger partial charge in [-0.1, -0.05) is 11.6 Å². The molecule has 4 N–H and O–H groups in total. The zero-order valence-electron chi connectivity index (χ0n) is 11.1. The summed E-state index contributed by atoms with van der Waals surface area (Å²) in [5, 5.41) is 2.91. The molecule has 6 nitrogen and oxygen atoms in total. The van der Waals surface area contributed by atoms with Crippen molar-refractivity contribution in [3.05, 3.63) is 23.2 Å². The summed E-state index contributed by atoms with van der Waals surface area (Å²) in [5.74, 6) is -0.127. The molecule has 20 heavy (non-hydrogen) atoms. The summed E-state index contributed by atoms with van der Waals surface area (Å²) in [6, 6.07) is 4.58. The van der Waals surface area contributed by atoms with E-state index in [-0.39, 0.29) is 16.6 Å². The standard InChI is InChI=1S/C12H18ClN3O3S/c1-20(18,19)16-11-6-5-9(8-10(11)13)15-12(17)4-2-3-7-14/h5-6,8,16H,2-4,7,14H2,1H3,(H,15,17).